The standard InChI is InChI=1S/C32H28N2O4/c1-26(22-37-31(24-33-35,27-14-6-2-7-15-27)28-16-8-3-9-17-28)23-38-32(25-34-36,29-18-10-4-11-19-29)30-20-12-5-13-21-30/h2-21,26H,22-23H2,1H3. The van der Waals surface area contributed by atoms with Crippen LogP contribution in [-0.4, -0.2) is 13.2 Å². The summed E-state index contributed by atoms with van der Waals surface area (Å²) in [6.45, 7) is 2.38. The van der Waals surface area contributed by atoms with E-state index in [1.807, 2.05) is 128 Å². The van der Waals surface area contributed by atoms with Crippen molar-refractivity contribution in [2.75, 3.05) is 13.2 Å². The molecule has 0 unspecified atom stereocenters. The lowest BCUT2D eigenvalue weighted by atomic mass is 9.87. The molecule has 4 aromatic carbocycles. The number of ether oxygens (including phenoxy) is 2. The van der Waals surface area contributed by atoms with E-state index >= 15 is 0 Å². The Hall–Kier alpha value is -4.62. The van der Waals surface area contributed by atoms with Gasteiger partial charge in [0.1, 0.15) is 0 Å². The molecule has 190 valence electrons. The fourth-order valence-electron chi connectivity index (χ4n) is 4.39. The normalized spacial score (nSPS) is 11.2. The van der Waals surface area contributed by atoms with Gasteiger partial charge in [-0.3, -0.25) is 0 Å². The fraction of sp³-hybridized carbons (Fsp3) is 0.188. The molecule has 0 heterocycles. The third kappa shape index (κ3) is 5.68. The van der Waals surface area contributed by atoms with Gasteiger partial charge in [0, 0.05) is 38.2 Å². The van der Waals surface area contributed by atoms with Crippen molar-refractivity contribution < 1.29 is 9.47 Å². The van der Waals surface area contributed by atoms with Crippen LogP contribution in [0.2, 0.25) is 0 Å². The Kier molecular flexibility index (Phi) is 8.74. The van der Waals surface area contributed by atoms with Crippen molar-refractivity contribution in [3.8, 4) is 12.1 Å². The van der Waals surface area contributed by atoms with Crippen LogP contribution in [0.5, 0.6) is 0 Å². The van der Waals surface area contributed by atoms with Crippen LogP contribution >= 0.6 is 0 Å². The molecule has 6 heteroatoms. The van der Waals surface area contributed by atoms with Gasteiger partial charge in [-0.15, -0.1) is 0 Å². The van der Waals surface area contributed by atoms with E-state index in [1.165, 1.54) is 0 Å². The van der Waals surface area contributed by atoms with Crippen molar-refractivity contribution in [3.63, 3.8) is 0 Å². The van der Waals surface area contributed by atoms with Crippen molar-refractivity contribution in [2.24, 2.45) is 5.92 Å². The lowest BCUT2D eigenvalue weighted by Gasteiger charge is -2.29. The van der Waals surface area contributed by atoms with Gasteiger partial charge in [0.2, 0.25) is 0 Å². The van der Waals surface area contributed by atoms with Crippen molar-refractivity contribution in [1.29, 1.82) is 0 Å². The third-order valence-corrected chi connectivity index (χ3v) is 6.30. The highest BCUT2D eigenvalue weighted by atomic mass is 16.5. The molecule has 0 aliphatic carbocycles. The minimum absolute atomic E-state index is 0.157. The van der Waals surface area contributed by atoms with Crippen molar-refractivity contribution in [2.45, 2.75) is 18.1 Å². The average molecular weight is 505 g/mol. The Morgan fingerprint density at radius 2 is 0.816 bits per heavy atom. The quantitative estimate of drug-likeness (QED) is 0.214. The number of hydrogen-bond acceptors (Lipinski definition) is 4. The van der Waals surface area contributed by atoms with Crippen molar-refractivity contribution in [1.82, 2.24) is 0 Å². The molecule has 4 rings (SSSR count). The first kappa shape index (κ1) is 26.4. The zero-order chi connectivity index (χ0) is 26.7. The van der Waals surface area contributed by atoms with Gasteiger partial charge in [0.05, 0.1) is 13.2 Å². The first-order chi connectivity index (χ1) is 18.6. The van der Waals surface area contributed by atoms with Crippen molar-refractivity contribution in [3.05, 3.63) is 164 Å². The Labute approximate surface area is 222 Å². The molecule has 0 saturated carbocycles. The summed E-state index contributed by atoms with van der Waals surface area (Å²) < 4.78 is 12.9. The Morgan fingerprint density at radius 3 is 1.05 bits per heavy atom. The molecule has 38 heavy (non-hydrogen) atoms. The zero-order valence-electron chi connectivity index (χ0n) is 21.1. The predicted molar refractivity (Wildman–Crippen MR) is 150 cm³/mol. The van der Waals surface area contributed by atoms with Gasteiger partial charge in [0.15, 0.2) is 0 Å². The van der Waals surface area contributed by atoms with E-state index in [4.69, 9.17) is 9.47 Å². The number of nitrogens with zero attached hydrogens (tertiary/aromatic N) is 2. The Morgan fingerprint density at radius 1 is 0.553 bits per heavy atom. The summed E-state index contributed by atoms with van der Waals surface area (Å²) in [6.07, 6.45) is 0. The van der Waals surface area contributed by atoms with E-state index < -0.39 is 11.2 Å². The summed E-state index contributed by atoms with van der Waals surface area (Å²) in [6, 6.07) is 42.9. The van der Waals surface area contributed by atoms with Gasteiger partial charge in [-0.05, 0) is 0 Å². The largest absolute Gasteiger partial charge is 0.498 e. The van der Waals surface area contributed by atoms with Crippen molar-refractivity contribution >= 4 is 0 Å². The van der Waals surface area contributed by atoms with Crippen LogP contribution in [0.3, 0.4) is 0 Å². The third-order valence-electron chi connectivity index (χ3n) is 6.30. The molecule has 0 amide bonds. The second-order valence-corrected chi connectivity index (χ2v) is 8.96. The molecule has 0 aliphatic rings. The maximum Gasteiger partial charge on any atom is 0.344 e. The van der Waals surface area contributed by atoms with E-state index in [1.54, 1.807) is 0 Å². The Balaban J connectivity index is 1.62. The van der Waals surface area contributed by atoms with Gasteiger partial charge in [-0.25, -0.2) is 0 Å². The average Bonchev–Trinajstić information content (AvgIpc) is 2.99. The van der Waals surface area contributed by atoms with Gasteiger partial charge >= 0.3 is 12.1 Å². The maximum atomic E-state index is 11.5. The molecule has 0 N–H and O–H groups in total. The van der Waals surface area contributed by atoms with Crippen LogP contribution in [0.4, 0.5) is 0 Å². The van der Waals surface area contributed by atoms with E-state index in [0.717, 1.165) is 22.3 Å². The minimum atomic E-state index is -1.29. The van der Waals surface area contributed by atoms with Crippen LogP contribution in [0.15, 0.2) is 121 Å². The number of benzene rings is 4. The second kappa shape index (κ2) is 12.6. The van der Waals surface area contributed by atoms with E-state index in [2.05, 4.69) is 22.2 Å². The first-order valence-electron chi connectivity index (χ1n) is 12.3. The molecule has 0 atom stereocenters. The molecular weight excluding hydrogens is 476 g/mol. The topological polar surface area (TPSA) is 73.3 Å². The molecule has 4 aromatic rings. The van der Waals surface area contributed by atoms with Gasteiger partial charge in [0.25, 0.3) is 11.2 Å². The molecule has 0 saturated heterocycles. The van der Waals surface area contributed by atoms with Crippen LogP contribution in [0.1, 0.15) is 29.2 Å². The Bertz CT molecular complexity index is 1220. The lowest BCUT2D eigenvalue weighted by molar-refractivity contribution is -0.0411. The van der Waals surface area contributed by atoms with Gasteiger partial charge < -0.3 is 19.9 Å². The summed E-state index contributed by atoms with van der Waals surface area (Å²) in [5.41, 5.74) is 0.332. The highest BCUT2D eigenvalue weighted by Gasteiger charge is 2.43. The molecular formula is C32H28N2O4. The highest BCUT2D eigenvalue weighted by molar-refractivity contribution is 5.45. The lowest BCUT2D eigenvalue weighted by Crippen LogP contribution is -2.35. The SMILES string of the molecule is CC(COC(C#[N+][O-])(c1ccccc1)c1ccccc1)COC(C#[N+][O-])(c1ccccc1)c1ccccc1. The van der Waals surface area contributed by atoms with Crippen LogP contribution in [0, 0.1) is 28.5 Å². The molecule has 0 aromatic heterocycles. The van der Waals surface area contributed by atoms with Crippen LogP contribution in [-0.2, 0) is 20.7 Å². The summed E-state index contributed by atoms with van der Waals surface area (Å²) in [7, 11) is 0. The number of hydrogen-bond donors (Lipinski definition) is 0. The molecule has 0 aliphatic heterocycles. The van der Waals surface area contributed by atoms with Crippen LogP contribution < -0.4 is 0 Å². The number of rotatable bonds is 10. The molecule has 0 radical (unpaired) electrons. The summed E-state index contributed by atoms with van der Waals surface area (Å²) in [4.78, 5) is 0. The second-order valence-electron chi connectivity index (χ2n) is 8.96. The van der Waals surface area contributed by atoms with Crippen LogP contribution in [0.25, 0.3) is 10.0 Å². The molecule has 0 spiro atoms. The van der Waals surface area contributed by atoms with E-state index in [9.17, 15) is 10.4 Å². The maximum absolute atomic E-state index is 11.5. The zero-order valence-corrected chi connectivity index (χ0v) is 21.1. The summed E-state index contributed by atoms with van der Waals surface area (Å²) >= 11 is 0. The summed E-state index contributed by atoms with van der Waals surface area (Å²) in [5, 5.41) is 29.1. The predicted octanol–water partition coefficient (Wildman–Crippen LogP) is 7.20. The monoisotopic (exact) mass is 504 g/mol. The minimum Gasteiger partial charge on any atom is -0.498 e. The first-order valence-corrected chi connectivity index (χ1v) is 12.3. The molecule has 6 nitrogen and oxygen atoms in total. The molecule has 0 fully saturated rings. The van der Waals surface area contributed by atoms with E-state index in [0.29, 0.717) is 0 Å². The van der Waals surface area contributed by atoms with Gasteiger partial charge in [-0.2, -0.15) is 0 Å². The molecule has 0 bridgehead atoms. The van der Waals surface area contributed by atoms with Gasteiger partial charge in [-0.1, -0.05) is 128 Å². The fourth-order valence-corrected chi connectivity index (χ4v) is 4.39. The summed E-state index contributed by atoms with van der Waals surface area (Å²) in [5.74, 6) is -0.157. The van der Waals surface area contributed by atoms with E-state index in [-0.39, 0.29) is 19.1 Å². The smallest absolute Gasteiger partial charge is 0.344 e. The highest BCUT2D eigenvalue weighted by Crippen LogP contribution is 2.36.